The zero-order valence-electron chi connectivity index (χ0n) is 14.7. The number of sulfone groups is 1. The quantitative estimate of drug-likeness (QED) is 0.689. The van der Waals surface area contributed by atoms with Crippen molar-refractivity contribution in [3.05, 3.63) is 46.2 Å². The van der Waals surface area contributed by atoms with Crippen molar-refractivity contribution in [2.24, 2.45) is 5.73 Å². The van der Waals surface area contributed by atoms with Gasteiger partial charge in [0.2, 0.25) is 9.84 Å². The predicted molar refractivity (Wildman–Crippen MR) is 102 cm³/mol. The van der Waals surface area contributed by atoms with E-state index in [2.05, 4.69) is 15.4 Å². The second-order valence-corrected chi connectivity index (χ2v) is 8.25. The van der Waals surface area contributed by atoms with Crippen LogP contribution in [-0.2, 0) is 16.3 Å². The number of halogens is 1. The lowest BCUT2D eigenvalue weighted by Gasteiger charge is -2.10. The van der Waals surface area contributed by atoms with E-state index in [0.29, 0.717) is 18.0 Å². The van der Waals surface area contributed by atoms with Gasteiger partial charge in [0.15, 0.2) is 16.4 Å². The van der Waals surface area contributed by atoms with E-state index in [1.807, 2.05) is 13.8 Å². The average molecular weight is 394 g/mol. The van der Waals surface area contributed by atoms with Crippen molar-refractivity contribution >= 4 is 32.9 Å². The third-order valence-corrected chi connectivity index (χ3v) is 6.31. The Morgan fingerprint density at radius 3 is 2.65 bits per heavy atom. The van der Waals surface area contributed by atoms with Crippen LogP contribution in [-0.4, -0.2) is 36.6 Å². The van der Waals surface area contributed by atoms with Gasteiger partial charge < -0.3 is 11.1 Å². The molecule has 138 valence electrons. The number of aromatic nitrogens is 3. The van der Waals surface area contributed by atoms with Crippen LogP contribution in [0.15, 0.2) is 34.1 Å². The molecule has 0 saturated carbocycles. The van der Waals surface area contributed by atoms with Gasteiger partial charge in [0.1, 0.15) is 0 Å². The first-order valence-electron chi connectivity index (χ1n) is 8.08. The van der Waals surface area contributed by atoms with Crippen LogP contribution in [0.3, 0.4) is 0 Å². The Balaban J connectivity index is 2.36. The summed E-state index contributed by atoms with van der Waals surface area (Å²) in [6.07, 6.45) is 0.645. The Bertz CT molecular complexity index is 1090. The number of fused-ring (bicyclic) bond motifs is 1. The van der Waals surface area contributed by atoms with Crippen LogP contribution in [0.25, 0.3) is 5.65 Å². The van der Waals surface area contributed by atoms with Gasteiger partial charge in [0.25, 0.3) is 0 Å². The zero-order valence-corrected chi connectivity index (χ0v) is 16.3. The van der Waals surface area contributed by atoms with Crippen LogP contribution in [0.1, 0.15) is 17.0 Å². The molecule has 0 aliphatic rings. The summed E-state index contributed by atoms with van der Waals surface area (Å²) in [7, 11) is -2.24. The second-order valence-electron chi connectivity index (χ2n) is 5.92. The summed E-state index contributed by atoms with van der Waals surface area (Å²) in [6.45, 7) is 4.21. The summed E-state index contributed by atoms with van der Waals surface area (Å²) in [4.78, 5) is 4.66. The molecular weight excluding hydrogens is 374 g/mol. The predicted octanol–water partition coefficient (Wildman–Crippen LogP) is 2.38. The van der Waals surface area contributed by atoms with Crippen LogP contribution in [0, 0.1) is 13.8 Å². The minimum atomic E-state index is -3.86. The molecule has 0 amide bonds. The number of nitrogens with one attached hydrogen (secondary N) is 1. The Labute approximate surface area is 157 Å². The lowest BCUT2D eigenvalue weighted by Crippen LogP contribution is -2.11. The number of nitrogens with two attached hydrogens (primary N) is 1. The van der Waals surface area contributed by atoms with E-state index < -0.39 is 9.84 Å². The van der Waals surface area contributed by atoms with E-state index in [4.69, 9.17) is 17.3 Å². The molecule has 3 rings (SSSR count). The van der Waals surface area contributed by atoms with Crippen molar-refractivity contribution in [3.63, 3.8) is 0 Å². The molecule has 0 atom stereocenters. The fraction of sp³-hybridized carbons (Fsp3) is 0.294. The molecule has 0 aliphatic heterocycles. The number of nitrogens with zero attached hydrogens (tertiary/aromatic N) is 3. The first kappa shape index (κ1) is 18.6. The van der Waals surface area contributed by atoms with Crippen molar-refractivity contribution < 1.29 is 8.42 Å². The third kappa shape index (κ3) is 2.94. The molecular formula is C17H20ClN5O2S. The van der Waals surface area contributed by atoms with E-state index in [-0.39, 0.29) is 21.3 Å². The van der Waals surface area contributed by atoms with Gasteiger partial charge in [0, 0.05) is 23.5 Å². The van der Waals surface area contributed by atoms with E-state index in [1.54, 1.807) is 23.7 Å². The first-order chi connectivity index (χ1) is 12.3. The standard InChI is InChI=1S/C17H20ClN5O2S/c1-10-14(7-8-19)11(2)23-17(21-10)15(16(20-3)22-23)26(24,25)13-6-4-5-12(18)9-13/h4-6,9H,7-8,19H2,1-3H3,(H,20,22). The number of aryl methyl sites for hydroxylation is 2. The summed E-state index contributed by atoms with van der Waals surface area (Å²) in [5.41, 5.74) is 8.50. The zero-order chi connectivity index (χ0) is 19.1. The topological polar surface area (TPSA) is 102 Å². The highest BCUT2D eigenvalue weighted by atomic mass is 35.5. The average Bonchev–Trinajstić information content (AvgIpc) is 2.98. The summed E-state index contributed by atoms with van der Waals surface area (Å²) in [5.74, 6) is 0.241. The molecule has 7 nitrogen and oxygen atoms in total. The fourth-order valence-electron chi connectivity index (χ4n) is 3.01. The Morgan fingerprint density at radius 2 is 2.04 bits per heavy atom. The number of benzene rings is 1. The molecule has 2 heterocycles. The van der Waals surface area contributed by atoms with Gasteiger partial charge in [-0.05, 0) is 50.6 Å². The van der Waals surface area contributed by atoms with Crippen LogP contribution < -0.4 is 11.1 Å². The van der Waals surface area contributed by atoms with Gasteiger partial charge in [-0.3, -0.25) is 0 Å². The lowest BCUT2D eigenvalue weighted by atomic mass is 10.1. The van der Waals surface area contributed by atoms with Gasteiger partial charge >= 0.3 is 0 Å². The van der Waals surface area contributed by atoms with E-state index in [1.165, 1.54) is 12.1 Å². The number of hydrogen-bond donors (Lipinski definition) is 2. The summed E-state index contributed by atoms with van der Waals surface area (Å²) < 4.78 is 28.1. The molecule has 0 unspecified atom stereocenters. The highest BCUT2D eigenvalue weighted by molar-refractivity contribution is 7.91. The van der Waals surface area contributed by atoms with Crippen molar-refractivity contribution in [2.75, 3.05) is 18.9 Å². The molecule has 26 heavy (non-hydrogen) atoms. The minimum Gasteiger partial charge on any atom is -0.370 e. The maximum atomic E-state index is 13.3. The first-order valence-corrected chi connectivity index (χ1v) is 9.94. The van der Waals surface area contributed by atoms with Crippen molar-refractivity contribution in [1.82, 2.24) is 14.6 Å². The van der Waals surface area contributed by atoms with Crippen LogP contribution in [0.4, 0.5) is 5.82 Å². The monoisotopic (exact) mass is 393 g/mol. The highest BCUT2D eigenvalue weighted by Gasteiger charge is 2.29. The van der Waals surface area contributed by atoms with Gasteiger partial charge in [-0.15, -0.1) is 5.10 Å². The maximum Gasteiger partial charge on any atom is 0.214 e. The van der Waals surface area contributed by atoms with E-state index >= 15 is 0 Å². The van der Waals surface area contributed by atoms with Gasteiger partial charge in [0.05, 0.1) is 4.90 Å². The van der Waals surface area contributed by atoms with E-state index in [9.17, 15) is 8.42 Å². The van der Waals surface area contributed by atoms with Crippen LogP contribution in [0.2, 0.25) is 5.02 Å². The molecule has 0 radical (unpaired) electrons. The third-order valence-electron chi connectivity index (χ3n) is 4.29. The number of anilines is 1. The fourth-order valence-corrected chi connectivity index (χ4v) is 4.81. The Kier molecular flexibility index (Phi) is 4.92. The summed E-state index contributed by atoms with van der Waals surface area (Å²) in [6, 6.07) is 6.15. The molecule has 9 heteroatoms. The molecule has 2 aromatic heterocycles. The largest absolute Gasteiger partial charge is 0.370 e. The van der Waals surface area contributed by atoms with Gasteiger partial charge in [-0.25, -0.2) is 17.9 Å². The molecule has 0 bridgehead atoms. The van der Waals surface area contributed by atoms with Crippen molar-refractivity contribution in [3.8, 4) is 0 Å². The SMILES string of the molecule is CNc1nn2c(C)c(CCN)c(C)nc2c1S(=O)(=O)c1cccc(Cl)c1. The molecule has 3 aromatic rings. The van der Waals surface area contributed by atoms with Gasteiger partial charge in [-0.2, -0.15) is 0 Å². The normalized spacial score (nSPS) is 11.9. The summed E-state index contributed by atoms with van der Waals surface area (Å²) >= 11 is 5.98. The molecule has 0 aliphatic carbocycles. The maximum absolute atomic E-state index is 13.3. The molecule has 0 saturated heterocycles. The van der Waals surface area contributed by atoms with E-state index in [0.717, 1.165) is 17.0 Å². The van der Waals surface area contributed by atoms with Gasteiger partial charge in [-0.1, -0.05) is 17.7 Å². The van der Waals surface area contributed by atoms with Crippen molar-refractivity contribution in [1.29, 1.82) is 0 Å². The second kappa shape index (κ2) is 6.86. The minimum absolute atomic E-state index is 0.0350. The smallest absolute Gasteiger partial charge is 0.214 e. The highest BCUT2D eigenvalue weighted by Crippen LogP contribution is 2.32. The molecule has 3 N–H and O–H groups in total. The Morgan fingerprint density at radius 1 is 1.31 bits per heavy atom. The Hall–Kier alpha value is -2.16. The van der Waals surface area contributed by atoms with Crippen molar-refractivity contribution in [2.45, 2.75) is 30.1 Å². The molecule has 1 aromatic carbocycles. The number of hydrogen-bond acceptors (Lipinski definition) is 6. The van der Waals surface area contributed by atoms with Crippen LogP contribution >= 0.6 is 11.6 Å². The molecule has 0 fully saturated rings. The number of rotatable bonds is 5. The summed E-state index contributed by atoms with van der Waals surface area (Å²) in [5, 5.41) is 7.63. The van der Waals surface area contributed by atoms with Crippen LogP contribution in [0.5, 0.6) is 0 Å². The lowest BCUT2D eigenvalue weighted by molar-refractivity contribution is 0.597. The molecule has 0 spiro atoms.